The molecule has 0 radical (unpaired) electrons. The fourth-order valence-electron chi connectivity index (χ4n) is 6.55. The Kier molecular flexibility index (Phi) is 5.23. The second-order valence-electron chi connectivity index (χ2n) is 8.81. The Balaban J connectivity index is 1.50. The monoisotopic (exact) mass is 402 g/mol. The number of carbonyl (C=O) groups excluding carboxylic acids is 1. The van der Waals surface area contributed by atoms with Crippen LogP contribution in [0.5, 0.6) is 0 Å². The first-order valence-electron chi connectivity index (χ1n) is 10.8. The highest BCUT2D eigenvalue weighted by Crippen LogP contribution is 2.58. The number of rotatable bonds is 2. The van der Waals surface area contributed by atoms with Crippen LogP contribution in [-0.4, -0.2) is 28.8 Å². The zero-order valence-corrected chi connectivity index (χ0v) is 17.8. The minimum atomic E-state index is -0.0806. The van der Waals surface area contributed by atoms with E-state index in [1.165, 1.54) is 38.5 Å². The number of hydrogen-bond acceptors (Lipinski definition) is 4. The Morgan fingerprint density at radius 3 is 2.96 bits per heavy atom. The summed E-state index contributed by atoms with van der Waals surface area (Å²) < 4.78 is 5.35. The molecule has 146 valence electrons. The zero-order valence-electron chi connectivity index (χ0n) is 16.1. The van der Waals surface area contributed by atoms with Gasteiger partial charge in [-0.15, -0.1) is 23.5 Å². The van der Waals surface area contributed by atoms with Crippen molar-refractivity contribution < 1.29 is 9.53 Å². The first-order valence-corrected chi connectivity index (χ1v) is 12.8. The van der Waals surface area contributed by atoms with Crippen LogP contribution in [0.2, 0.25) is 0 Å². The molecule has 0 amide bonds. The molecule has 2 aliphatic heterocycles. The number of fused-ring (bicyclic) bond motifs is 7. The first-order chi connectivity index (χ1) is 13.3. The predicted molar refractivity (Wildman–Crippen MR) is 115 cm³/mol. The lowest BCUT2D eigenvalue weighted by atomic mass is 9.64. The maximum Gasteiger partial charge on any atom is 0.322 e. The van der Waals surface area contributed by atoms with E-state index < -0.39 is 0 Å². The average Bonchev–Trinajstić information content (AvgIpc) is 3.13. The normalized spacial score (nSPS) is 42.6. The summed E-state index contributed by atoms with van der Waals surface area (Å²) in [6.07, 6.45) is 15.2. The van der Waals surface area contributed by atoms with Crippen molar-refractivity contribution in [2.45, 2.75) is 55.9 Å². The molecule has 5 aliphatic rings. The fraction of sp³-hybridized carbons (Fsp3) is 0.696. The summed E-state index contributed by atoms with van der Waals surface area (Å²) in [6.45, 7) is 2.39. The van der Waals surface area contributed by atoms with Crippen LogP contribution < -0.4 is 0 Å². The van der Waals surface area contributed by atoms with Crippen LogP contribution in [0.25, 0.3) is 0 Å². The van der Waals surface area contributed by atoms with Crippen LogP contribution in [0.3, 0.4) is 0 Å². The van der Waals surface area contributed by atoms with E-state index in [4.69, 9.17) is 4.74 Å². The molecule has 27 heavy (non-hydrogen) atoms. The van der Waals surface area contributed by atoms with Gasteiger partial charge >= 0.3 is 5.97 Å². The highest BCUT2D eigenvalue weighted by atomic mass is 32.2. The van der Waals surface area contributed by atoms with E-state index in [-0.39, 0.29) is 11.2 Å². The van der Waals surface area contributed by atoms with Crippen molar-refractivity contribution in [3.05, 3.63) is 34.8 Å². The van der Waals surface area contributed by atoms with Crippen molar-refractivity contribution in [2.75, 3.05) is 12.4 Å². The number of thioether (sulfide) groups is 2. The van der Waals surface area contributed by atoms with Gasteiger partial charge in [0.2, 0.25) is 0 Å². The Labute approximate surface area is 171 Å². The van der Waals surface area contributed by atoms with Crippen molar-refractivity contribution in [2.24, 2.45) is 29.6 Å². The second-order valence-corrected chi connectivity index (χ2v) is 11.0. The van der Waals surface area contributed by atoms with Crippen LogP contribution >= 0.6 is 23.5 Å². The Morgan fingerprint density at radius 1 is 1.19 bits per heavy atom. The highest BCUT2D eigenvalue weighted by Gasteiger charge is 2.49. The minimum Gasteiger partial charge on any atom is -0.465 e. The van der Waals surface area contributed by atoms with Gasteiger partial charge in [0.15, 0.2) is 0 Å². The summed E-state index contributed by atoms with van der Waals surface area (Å²) in [5, 5.41) is 2.95. The summed E-state index contributed by atoms with van der Waals surface area (Å²) in [5.41, 5.74) is 3.30. The standard InChI is InChI=1S/C23H30O2S2/c1-2-25-23(24)21-12-19-15(13-27-21)8-9-17-16-6-3-7-18(16)22-14(11-20(17)19)5-4-10-26-22/h4-5,10,12,15-18,20-22H,2-3,6-9,11,13H2,1H3. The highest BCUT2D eigenvalue weighted by molar-refractivity contribution is 8.03. The molecular formula is C23H30O2S2. The van der Waals surface area contributed by atoms with Gasteiger partial charge in [-0.3, -0.25) is 4.79 Å². The lowest BCUT2D eigenvalue weighted by Crippen LogP contribution is -2.37. The molecule has 3 saturated carbocycles. The average molecular weight is 403 g/mol. The summed E-state index contributed by atoms with van der Waals surface area (Å²) in [6, 6.07) is 0. The molecule has 2 heterocycles. The third kappa shape index (κ3) is 3.25. The van der Waals surface area contributed by atoms with Crippen molar-refractivity contribution in [1.82, 2.24) is 0 Å². The van der Waals surface area contributed by atoms with Crippen molar-refractivity contribution >= 4 is 29.5 Å². The van der Waals surface area contributed by atoms with E-state index in [1.54, 1.807) is 22.9 Å². The van der Waals surface area contributed by atoms with Gasteiger partial charge in [0.05, 0.1) is 6.61 Å². The predicted octanol–water partition coefficient (Wildman–Crippen LogP) is 5.61. The lowest BCUT2D eigenvalue weighted by molar-refractivity contribution is -0.141. The zero-order chi connectivity index (χ0) is 18.4. The molecule has 0 saturated heterocycles. The van der Waals surface area contributed by atoms with Gasteiger partial charge in [0.25, 0.3) is 0 Å². The largest absolute Gasteiger partial charge is 0.465 e. The first kappa shape index (κ1) is 18.4. The number of carbonyl (C=O) groups is 1. The van der Waals surface area contributed by atoms with Gasteiger partial charge in [0, 0.05) is 11.0 Å². The third-order valence-electron chi connectivity index (χ3n) is 7.60. The van der Waals surface area contributed by atoms with Crippen molar-refractivity contribution in [3.8, 4) is 0 Å². The van der Waals surface area contributed by atoms with Gasteiger partial charge in [-0.25, -0.2) is 0 Å². The van der Waals surface area contributed by atoms with Gasteiger partial charge in [0.1, 0.15) is 5.25 Å². The number of esters is 1. The Hall–Kier alpha value is -0.610. The Bertz CT molecular complexity index is 694. The van der Waals surface area contributed by atoms with Gasteiger partial charge < -0.3 is 4.74 Å². The van der Waals surface area contributed by atoms with Crippen LogP contribution in [0.1, 0.15) is 45.4 Å². The summed E-state index contributed by atoms with van der Waals surface area (Å²) >= 11 is 3.88. The molecule has 0 aromatic heterocycles. The third-order valence-corrected chi connectivity index (χ3v) is 10.1. The molecule has 2 nitrogen and oxygen atoms in total. The fourth-order valence-corrected chi connectivity index (χ4v) is 9.03. The van der Waals surface area contributed by atoms with Crippen LogP contribution in [0.15, 0.2) is 34.8 Å². The van der Waals surface area contributed by atoms with Crippen LogP contribution in [0, 0.1) is 29.6 Å². The van der Waals surface area contributed by atoms with Gasteiger partial charge in [-0.1, -0.05) is 35.8 Å². The van der Waals surface area contributed by atoms with E-state index >= 15 is 0 Å². The number of ether oxygens (including phenoxy) is 1. The van der Waals surface area contributed by atoms with E-state index in [2.05, 4.69) is 35.4 Å². The van der Waals surface area contributed by atoms with E-state index in [0.717, 1.165) is 23.5 Å². The molecule has 5 rings (SSSR count). The SMILES string of the molecule is CCOC(=O)C1C=C2C(CCC3C2CC2=CC=CSC2C2CCCC32)CS1. The second kappa shape index (κ2) is 7.67. The van der Waals surface area contributed by atoms with Crippen molar-refractivity contribution in [3.63, 3.8) is 0 Å². The summed E-state index contributed by atoms with van der Waals surface area (Å²) in [4.78, 5) is 12.4. The van der Waals surface area contributed by atoms with E-state index in [0.29, 0.717) is 23.7 Å². The molecule has 0 aromatic rings. The van der Waals surface area contributed by atoms with E-state index in [9.17, 15) is 4.79 Å². The Morgan fingerprint density at radius 2 is 2.07 bits per heavy atom. The lowest BCUT2D eigenvalue weighted by Gasteiger charge is -2.44. The molecule has 7 atom stereocenters. The molecule has 0 N–H and O–H groups in total. The smallest absolute Gasteiger partial charge is 0.322 e. The summed E-state index contributed by atoms with van der Waals surface area (Å²) in [7, 11) is 0. The molecule has 0 aromatic carbocycles. The van der Waals surface area contributed by atoms with Crippen LogP contribution in [0.4, 0.5) is 0 Å². The topological polar surface area (TPSA) is 26.3 Å². The maximum atomic E-state index is 12.4. The van der Waals surface area contributed by atoms with Gasteiger partial charge in [-0.2, -0.15) is 0 Å². The minimum absolute atomic E-state index is 0.0313. The number of allylic oxidation sites excluding steroid dienone is 3. The molecule has 0 spiro atoms. The van der Waals surface area contributed by atoms with Crippen LogP contribution in [-0.2, 0) is 9.53 Å². The molecule has 3 aliphatic carbocycles. The van der Waals surface area contributed by atoms with E-state index in [1.807, 2.05) is 6.92 Å². The maximum absolute atomic E-state index is 12.4. The van der Waals surface area contributed by atoms with Crippen molar-refractivity contribution in [1.29, 1.82) is 0 Å². The van der Waals surface area contributed by atoms with Gasteiger partial charge in [-0.05, 0) is 74.0 Å². The molecular weight excluding hydrogens is 372 g/mol. The molecule has 4 heteroatoms. The number of hydrogen-bond donors (Lipinski definition) is 0. The molecule has 0 bridgehead atoms. The molecule has 3 fully saturated rings. The summed E-state index contributed by atoms with van der Waals surface area (Å²) in [5.74, 6) is 5.01. The molecule has 7 unspecified atom stereocenters. The quantitative estimate of drug-likeness (QED) is 0.443.